The highest BCUT2D eigenvalue weighted by Gasteiger charge is 2.12. The van der Waals surface area contributed by atoms with E-state index in [0.717, 1.165) is 11.4 Å². The van der Waals surface area contributed by atoms with Crippen LogP contribution in [0.2, 0.25) is 0 Å². The number of anilines is 1. The van der Waals surface area contributed by atoms with Crippen molar-refractivity contribution >= 4 is 28.5 Å². The summed E-state index contributed by atoms with van der Waals surface area (Å²) in [5.41, 5.74) is 0. The van der Waals surface area contributed by atoms with Crippen molar-refractivity contribution in [3.05, 3.63) is 5.01 Å². The minimum atomic E-state index is -0.874. The van der Waals surface area contributed by atoms with Gasteiger partial charge in [-0.1, -0.05) is 25.2 Å². The first-order chi connectivity index (χ1) is 9.36. The number of aliphatic carboxylic acids is 1. The van der Waals surface area contributed by atoms with E-state index in [1.165, 1.54) is 11.3 Å². The molecule has 1 atom stereocenters. The molecule has 0 aromatic carbocycles. The lowest BCUT2D eigenvalue weighted by atomic mass is 10.1. The zero-order chi connectivity index (χ0) is 15.1. The number of carboxylic acid groups (broad SMARTS) is 1. The van der Waals surface area contributed by atoms with Crippen molar-refractivity contribution in [1.29, 1.82) is 0 Å². The van der Waals surface area contributed by atoms with E-state index in [1.54, 1.807) is 6.92 Å². The lowest BCUT2D eigenvalue weighted by Gasteiger charge is -2.12. The van der Waals surface area contributed by atoms with Crippen LogP contribution in [-0.4, -0.2) is 33.3 Å². The lowest BCUT2D eigenvalue weighted by molar-refractivity contribution is -0.137. The number of hydrogen-bond acceptors (Lipinski definition) is 5. The molecule has 1 aromatic rings. The zero-order valence-corrected chi connectivity index (χ0v) is 12.7. The van der Waals surface area contributed by atoms with Gasteiger partial charge in [-0.2, -0.15) is 0 Å². The number of hydrogen-bond donors (Lipinski definition) is 3. The van der Waals surface area contributed by atoms with Gasteiger partial charge in [0.25, 0.3) is 0 Å². The molecule has 0 saturated heterocycles. The zero-order valence-electron chi connectivity index (χ0n) is 11.8. The van der Waals surface area contributed by atoms with Crippen LogP contribution in [0, 0.1) is 5.92 Å². The van der Waals surface area contributed by atoms with Crippen LogP contribution in [0.5, 0.6) is 0 Å². The van der Waals surface area contributed by atoms with E-state index in [2.05, 4.69) is 34.7 Å². The maximum atomic E-state index is 11.7. The van der Waals surface area contributed by atoms with Crippen molar-refractivity contribution < 1.29 is 14.7 Å². The van der Waals surface area contributed by atoms with Crippen molar-refractivity contribution in [2.24, 2.45) is 5.92 Å². The maximum Gasteiger partial charge on any atom is 0.321 e. The van der Waals surface area contributed by atoms with Crippen LogP contribution in [0.3, 0.4) is 0 Å². The predicted molar refractivity (Wildman–Crippen MR) is 76.9 cm³/mol. The van der Waals surface area contributed by atoms with Crippen molar-refractivity contribution in [3.63, 3.8) is 0 Å². The third-order valence-corrected chi connectivity index (χ3v) is 3.30. The largest absolute Gasteiger partial charge is 0.481 e. The number of nitrogens with one attached hydrogen (secondary N) is 2. The third kappa shape index (κ3) is 6.46. The summed E-state index contributed by atoms with van der Waals surface area (Å²) in [5.74, 6) is -0.387. The molecule has 0 aliphatic heterocycles. The molecule has 0 aliphatic rings. The first-order valence-electron chi connectivity index (χ1n) is 6.48. The minimum Gasteiger partial charge on any atom is -0.481 e. The summed E-state index contributed by atoms with van der Waals surface area (Å²) in [6, 6.07) is -0.607. The average Bonchev–Trinajstić information content (AvgIpc) is 2.72. The standard InChI is InChI=1S/C12H20N4O3S/c1-7(2)6-9-15-16-12(20-9)14-11(19)13-8(3)4-5-10(17)18/h7-8H,4-6H2,1-3H3,(H,17,18)(H2,13,14,16,19). The molecule has 0 aliphatic carbocycles. The molecule has 20 heavy (non-hydrogen) atoms. The van der Waals surface area contributed by atoms with Gasteiger partial charge in [-0.15, -0.1) is 10.2 Å². The molecular weight excluding hydrogens is 280 g/mol. The first-order valence-corrected chi connectivity index (χ1v) is 7.30. The van der Waals surface area contributed by atoms with Gasteiger partial charge in [0.2, 0.25) is 5.13 Å². The number of aromatic nitrogens is 2. The number of carbonyl (C=O) groups excluding carboxylic acids is 1. The SMILES string of the molecule is CC(C)Cc1nnc(NC(=O)NC(C)CCC(=O)O)s1. The fraction of sp³-hybridized carbons (Fsp3) is 0.667. The van der Waals surface area contributed by atoms with E-state index < -0.39 is 12.0 Å². The molecule has 7 nitrogen and oxygen atoms in total. The van der Waals surface area contributed by atoms with Crippen LogP contribution in [-0.2, 0) is 11.2 Å². The summed E-state index contributed by atoms with van der Waals surface area (Å²) < 4.78 is 0. The van der Waals surface area contributed by atoms with Crippen molar-refractivity contribution in [2.75, 3.05) is 5.32 Å². The van der Waals surface area contributed by atoms with E-state index in [4.69, 9.17) is 5.11 Å². The topological polar surface area (TPSA) is 104 Å². The Balaban J connectivity index is 2.38. The number of urea groups is 1. The third-order valence-electron chi connectivity index (χ3n) is 2.44. The highest BCUT2D eigenvalue weighted by Crippen LogP contribution is 2.18. The second kappa shape index (κ2) is 7.78. The van der Waals surface area contributed by atoms with Crippen LogP contribution in [0.25, 0.3) is 0 Å². The Bertz CT molecular complexity index is 461. The molecule has 1 unspecified atom stereocenters. The van der Waals surface area contributed by atoms with Gasteiger partial charge in [0.05, 0.1) is 0 Å². The second-order valence-corrected chi connectivity index (χ2v) is 6.09. The summed E-state index contributed by atoms with van der Waals surface area (Å²) in [5, 5.41) is 23.0. The summed E-state index contributed by atoms with van der Waals surface area (Å²) in [6.07, 6.45) is 1.24. The second-order valence-electron chi connectivity index (χ2n) is 5.03. The molecular formula is C12H20N4O3S. The molecule has 0 radical (unpaired) electrons. The van der Waals surface area contributed by atoms with Crippen LogP contribution in [0.1, 0.15) is 38.6 Å². The quantitative estimate of drug-likeness (QED) is 0.715. The van der Waals surface area contributed by atoms with E-state index in [-0.39, 0.29) is 12.5 Å². The van der Waals surface area contributed by atoms with Gasteiger partial charge in [-0.25, -0.2) is 4.79 Å². The smallest absolute Gasteiger partial charge is 0.321 e. The Labute approximate surface area is 121 Å². The molecule has 2 amide bonds. The van der Waals surface area contributed by atoms with Gasteiger partial charge >= 0.3 is 12.0 Å². The predicted octanol–water partition coefficient (Wildman–Crippen LogP) is 2.11. The van der Waals surface area contributed by atoms with Crippen molar-refractivity contribution in [1.82, 2.24) is 15.5 Å². The molecule has 3 N–H and O–H groups in total. The molecule has 0 spiro atoms. The highest BCUT2D eigenvalue weighted by molar-refractivity contribution is 7.15. The molecule has 0 saturated carbocycles. The van der Waals surface area contributed by atoms with E-state index in [9.17, 15) is 9.59 Å². The molecule has 1 rings (SSSR count). The minimum absolute atomic E-state index is 0.0266. The van der Waals surface area contributed by atoms with Gasteiger partial charge in [-0.05, 0) is 19.3 Å². The van der Waals surface area contributed by atoms with E-state index in [1.807, 2.05) is 0 Å². The molecule has 0 fully saturated rings. The normalized spacial score (nSPS) is 12.2. The maximum absolute atomic E-state index is 11.7. The van der Waals surface area contributed by atoms with Crippen LogP contribution in [0.15, 0.2) is 0 Å². The van der Waals surface area contributed by atoms with Crippen LogP contribution in [0.4, 0.5) is 9.93 Å². The van der Waals surface area contributed by atoms with Crippen molar-refractivity contribution in [2.45, 2.75) is 46.1 Å². The molecule has 1 aromatic heterocycles. The summed E-state index contributed by atoms with van der Waals surface area (Å²) >= 11 is 1.35. The lowest BCUT2D eigenvalue weighted by Crippen LogP contribution is -2.36. The molecule has 0 bridgehead atoms. The van der Waals surface area contributed by atoms with E-state index in [0.29, 0.717) is 17.5 Å². The van der Waals surface area contributed by atoms with Gasteiger partial charge < -0.3 is 10.4 Å². The van der Waals surface area contributed by atoms with Crippen LogP contribution >= 0.6 is 11.3 Å². The van der Waals surface area contributed by atoms with E-state index >= 15 is 0 Å². The van der Waals surface area contributed by atoms with Gasteiger partial charge in [0, 0.05) is 18.9 Å². The Morgan fingerprint density at radius 3 is 2.60 bits per heavy atom. The van der Waals surface area contributed by atoms with Gasteiger partial charge in [0.15, 0.2) is 0 Å². The average molecular weight is 300 g/mol. The summed E-state index contributed by atoms with van der Waals surface area (Å²) in [6.45, 7) is 5.93. The number of rotatable bonds is 7. The fourth-order valence-corrected chi connectivity index (χ4v) is 2.45. The number of amides is 2. The van der Waals surface area contributed by atoms with Gasteiger partial charge in [0.1, 0.15) is 5.01 Å². The number of carboxylic acids is 1. The molecule has 112 valence electrons. The van der Waals surface area contributed by atoms with Crippen LogP contribution < -0.4 is 10.6 Å². The molecule has 8 heteroatoms. The highest BCUT2D eigenvalue weighted by atomic mass is 32.1. The fourth-order valence-electron chi connectivity index (χ4n) is 1.50. The Morgan fingerprint density at radius 1 is 1.30 bits per heavy atom. The van der Waals surface area contributed by atoms with Gasteiger partial charge in [-0.3, -0.25) is 10.1 Å². The molecule has 1 heterocycles. The van der Waals surface area contributed by atoms with Crippen molar-refractivity contribution in [3.8, 4) is 0 Å². The summed E-state index contributed by atoms with van der Waals surface area (Å²) in [7, 11) is 0. The monoisotopic (exact) mass is 300 g/mol. The number of carbonyl (C=O) groups is 2. The Morgan fingerprint density at radius 2 is 2.00 bits per heavy atom. The number of nitrogens with zero attached hydrogens (tertiary/aromatic N) is 2. The summed E-state index contributed by atoms with van der Waals surface area (Å²) in [4.78, 5) is 22.1. The first kappa shape index (κ1) is 16.4. The Hall–Kier alpha value is -1.70. The Kier molecular flexibility index (Phi) is 6.37.